The normalized spacial score (nSPS) is 15.1. The monoisotopic (exact) mass is 173 g/mol. The first-order valence-electron chi connectivity index (χ1n) is 4.41. The second-order valence-electron chi connectivity index (χ2n) is 3.33. The maximum atomic E-state index is 8.85. The van der Waals surface area contributed by atoms with Gasteiger partial charge in [0.15, 0.2) is 0 Å². The lowest BCUT2D eigenvalue weighted by Crippen LogP contribution is -2.21. The van der Waals surface area contributed by atoms with Crippen LogP contribution in [0.15, 0.2) is 18.3 Å². The zero-order chi connectivity index (χ0) is 9.26. The lowest BCUT2D eigenvalue weighted by Gasteiger charge is -2.17. The van der Waals surface area contributed by atoms with Gasteiger partial charge in [-0.05, 0) is 25.0 Å². The van der Waals surface area contributed by atoms with Crippen LogP contribution in [0.2, 0.25) is 0 Å². The van der Waals surface area contributed by atoms with Crippen LogP contribution in [0.25, 0.3) is 0 Å². The molecule has 1 heterocycles. The van der Waals surface area contributed by atoms with Crippen LogP contribution in [0.4, 0.5) is 5.82 Å². The van der Waals surface area contributed by atoms with Crippen molar-refractivity contribution < 1.29 is 0 Å². The Kier molecular flexibility index (Phi) is 1.90. The third-order valence-electron chi connectivity index (χ3n) is 2.34. The molecule has 0 unspecified atom stereocenters. The van der Waals surface area contributed by atoms with E-state index in [4.69, 9.17) is 5.26 Å². The molecule has 2 rings (SSSR count). The third-order valence-corrected chi connectivity index (χ3v) is 2.34. The fourth-order valence-electron chi connectivity index (χ4n) is 1.40. The summed E-state index contributed by atoms with van der Waals surface area (Å²) in [4.78, 5) is 6.31. The van der Waals surface area contributed by atoms with Gasteiger partial charge in [-0.2, -0.15) is 5.26 Å². The van der Waals surface area contributed by atoms with Crippen LogP contribution < -0.4 is 4.90 Å². The van der Waals surface area contributed by atoms with Gasteiger partial charge in [0, 0.05) is 19.3 Å². The van der Waals surface area contributed by atoms with Gasteiger partial charge in [-0.3, -0.25) is 0 Å². The first-order chi connectivity index (χ1) is 6.33. The van der Waals surface area contributed by atoms with Gasteiger partial charge in [0.2, 0.25) is 0 Å². The summed E-state index contributed by atoms with van der Waals surface area (Å²) in [6.07, 6.45) is 4.17. The number of pyridine rings is 1. The molecule has 0 atom stereocenters. The Balaban J connectivity index is 2.32. The summed E-state index contributed by atoms with van der Waals surface area (Å²) >= 11 is 0. The minimum Gasteiger partial charge on any atom is -0.356 e. The fourth-order valence-corrected chi connectivity index (χ4v) is 1.40. The zero-order valence-corrected chi connectivity index (χ0v) is 7.57. The van der Waals surface area contributed by atoms with Crippen molar-refractivity contribution >= 4 is 5.82 Å². The number of nitriles is 1. The van der Waals surface area contributed by atoms with Crippen molar-refractivity contribution in [1.82, 2.24) is 4.98 Å². The van der Waals surface area contributed by atoms with Crippen molar-refractivity contribution in [2.45, 2.75) is 18.9 Å². The molecule has 1 aromatic heterocycles. The Morgan fingerprint density at radius 1 is 1.62 bits per heavy atom. The summed E-state index contributed by atoms with van der Waals surface area (Å²) in [6.45, 7) is 0. The Morgan fingerprint density at radius 3 is 3.00 bits per heavy atom. The van der Waals surface area contributed by atoms with Crippen molar-refractivity contribution in [3.05, 3.63) is 23.9 Å². The molecule has 1 saturated carbocycles. The molecule has 0 aromatic carbocycles. The Bertz CT molecular complexity index is 349. The molecule has 0 amide bonds. The van der Waals surface area contributed by atoms with Crippen molar-refractivity contribution in [3.8, 4) is 6.07 Å². The minimum absolute atomic E-state index is 0.599. The summed E-state index contributed by atoms with van der Waals surface area (Å²) in [6, 6.07) is 6.36. The highest BCUT2D eigenvalue weighted by Crippen LogP contribution is 2.30. The van der Waals surface area contributed by atoms with E-state index in [0.29, 0.717) is 11.6 Å². The third kappa shape index (κ3) is 1.48. The van der Waals surface area contributed by atoms with Crippen molar-refractivity contribution in [2.24, 2.45) is 0 Å². The lowest BCUT2D eigenvalue weighted by atomic mass is 10.2. The van der Waals surface area contributed by atoms with E-state index in [1.807, 2.05) is 7.05 Å². The van der Waals surface area contributed by atoms with Gasteiger partial charge in [0.25, 0.3) is 0 Å². The topological polar surface area (TPSA) is 39.9 Å². The molecule has 66 valence electrons. The molecule has 0 bridgehead atoms. The Morgan fingerprint density at radius 2 is 2.38 bits per heavy atom. The first kappa shape index (κ1) is 8.06. The predicted octanol–water partition coefficient (Wildman–Crippen LogP) is 1.55. The van der Waals surface area contributed by atoms with Gasteiger partial charge in [-0.25, -0.2) is 4.98 Å². The number of nitrogens with zero attached hydrogens (tertiary/aromatic N) is 3. The molecule has 3 heteroatoms. The van der Waals surface area contributed by atoms with E-state index in [9.17, 15) is 0 Å². The van der Waals surface area contributed by atoms with Crippen molar-refractivity contribution in [2.75, 3.05) is 11.9 Å². The summed E-state index contributed by atoms with van der Waals surface area (Å²) in [5.74, 6) is 0.813. The first-order valence-corrected chi connectivity index (χ1v) is 4.41. The Labute approximate surface area is 77.6 Å². The van der Waals surface area contributed by atoms with Crippen molar-refractivity contribution in [1.29, 1.82) is 5.26 Å². The number of aromatic nitrogens is 1. The minimum atomic E-state index is 0.599. The van der Waals surface area contributed by atoms with Crippen LogP contribution in [0.1, 0.15) is 18.4 Å². The molecule has 0 saturated heterocycles. The van der Waals surface area contributed by atoms with E-state index in [1.54, 1.807) is 18.3 Å². The molecular weight excluding hydrogens is 162 g/mol. The molecular formula is C10H11N3. The van der Waals surface area contributed by atoms with E-state index in [2.05, 4.69) is 16.0 Å². The lowest BCUT2D eigenvalue weighted by molar-refractivity contribution is 0.889. The maximum Gasteiger partial charge on any atom is 0.146 e. The van der Waals surface area contributed by atoms with E-state index < -0.39 is 0 Å². The van der Waals surface area contributed by atoms with E-state index in [0.717, 1.165) is 5.82 Å². The quantitative estimate of drug-likeness (QED) is 0.681. The van der Waals surface area contributed by atoms with Crippen LogP contribution in [0.3, 0.4) is 0 Å². The molecule has 0 N–H and O–H groups in total. The van der Waals surface area contributed by atoms with Gasteiger partial charge >= 0.3 is 0 Å². The fraction of sp³-hybridized carbons (Fsp3) is 0.400. The van der Waals surface area contributed by atoms with Gasteiger partial charge < -0.3 is 4.90 Å². The predicted molar refractivity (Wildman–Crippen MR) is 50.4 cm³/mol. The molecule has 1 fully saturated rings. The van der Waals surface area contributed by atoms with Gasteiger partial charge in [-0.15, -0.1) is 0 Å². The molecule has 1 aromatic rings. The van der Waals surface area contributed by atoms with E-state index >= 15 is 0 Å². The number of rotatable bonds is 2. The van der Waals surface area contributed by atoms with Crippen LogP contribution in [0.5, 0.6) is 0 Å². The highest BCUT2D eigenvalue weighted by molar-refractivity contribution is 5.54. The molecule has 0 radical (unpaired) electrons. The number of hydrogen-bond acceptors (Lipinski definition) is 3. The van der Waals surface area contributed by atoms with Crippen molar-refractivity contribution in [3.63, 3.8) is 0 Å². The molecule has 0 spiro atoms. The highest BCUT2D eigenvalue weighted by atomic mass is 15.2. The largest absolute Gasteiger partial charge is 0.356 e. The molecule has 0 aliphatic heterocycles. The van der Waals surface area contributed by atoms with Gasteiger partial charge in [0.1, 0.15) is 11.9 Å². The van der Waals surface area contributed by atoms with E-state index in [1.165, 1.54) is 12.8 Å². The standard InChI is InChI=1S/C10H11N3/c1-13(9-4-5-9)10-8(7-11)3-2-6-12-10/h2-3,6,9H,4-5H2,1H3. The van der Waals surface area contributed by atoms with Gasteiger partial charge in [0.05, 0.1) is 5.56 Å². The highest BCUT2D eigenvalue weighted by Gasteiger charge is 2.28. The molecule has 3 nitrogen and oxygen atoms in total. The Hall–Kier alpha value is -1.56. The summed E-state index contributed by atoms with van der Waals surface area (Å²) < 4.78 is 0. The number of anilines is 1. The molecule has 1 aliphatic rings. The molecule has 13 heavy (non-hydrogen) atoms. The summed E-state index contributed by atoms with van der Waals surface area (Å²) in [5, 5.41) is 8.85. The smallest absolute Gasteiger partial charge is 0.146 e. The van der Waals surface area contributed by atoms with Crippen LogP contribution >= 0.6 is 0 Å². The van der Waals surface area contributed by atoms with Crippen LogP contribution in [-0.2, 0) is 0 Å². The zero-order valence-electron chi connectivity index (χ0n) is 7.57. The summed E-state index contributed by atoms with van der Waals surface area (Å²) in [5.41, 5.74) is 0.664. The van der Waals surface area contributed by atoms with E-state index in [-0.39, 0.29) is 0 Å². The number of hydrogen-bond donors (Lipinski definition) is 0. The van der Waals surface area contributed by atoms with Crippen LogP contribution in [-0.4, -0.2) is 18.1 Å². The summed E-state index contributed by atoms with van der Waals surface area (Å²) in [7, 11) is 2.00. The van der Waals surface area contributed by atoms with Crippen LogP contribution in [0, 0.1) is 11.3 Å². The maximum absolute atomic E-state index is 8.85. The average Bonchev–Trinajstić information content (AvgIpc) is 3.00. The van der Waals surface area contributed by atoms with Gasteiger partial charge in [-0.1, -0.05) is 0 Å². The average molecular weight is 173 g/mol. The SMILES string of the molecule is CN(c1ncccc1C#N)C1CC1. The molecule has 1 aliphatic carbocycles. The second kappa shape index (κ2) is 3.06. The second-order valence-corrected chi connectivity index (χ2v) is 3.33.